The molecule has 4 nitrogen and oxygen atoms in total. The van der Waals surface area contributed by atoms with Gasteiger partial charge in [0.1, 0.15) is 0 Å². The lowest BCUT2D eigenvalue weighted by Crippen LogP contribution is -2.14. The molecule has 0 radical (unpaired) electrons. The van der Waals surface area contributed by atoms with Crippen molar-refractivity contribution < 1.29 is 4.79 Å². The molecule has 0 fully saturated rings. The molecule has 0 aromatic heterocycles. The second-order valence-corrected chi connectivity index (χ2v) is 4.65. The number of hydrogen-bond donors (Lipinski definition) is 3. The van der Waals surface area contributed by atoms with Crippen molar-refractivity contribution in [3.8, 4) is 0 Å². The molecule has 0 heterocycles. The van der Waals surface area contributed by atoms with Crippen LogP contribution in [0.5, 0.6) is 0 Å². The van der Waals surface area contributed by atoms with Gasteiger partial charge in [0.2, 0.25) is 0 Å². The Morgan fingerprint density at radius 1 is 1.11 bits per heavy atom. The maximum atomic E-state index is 11.4. The van der Waals surface area contributed by atoms with Crippen LogP contribution in [0, 0.1) is 0 Å². The van der Waals surface area contributed by atoms with E-state index in [1.165, 1.54) is 0 Å². The van der Waals surface area contributed by atoms with Crippen molar-refractivity contribution in [1.82, 2.24) is 0 Å². The molecule has 19 heavy (non-hydrogen) atoms. The number of hydrogen-bond acceptors (Lipinski definition) is 3. The van der Waals surface area contributed by atoms with Gasteiger partial charge in [-0.05, 0) is 24.3 Å². The summed E-state index contributed by atoms with van der Waals surface area (Å²) in [6, 6.07) is 10.0. The Morgan fingerprint density at radius 2 is 1.79 bits per heavy atom. The summed E-state index contributed by atoms with van der Waals surface area (Å²) in [5, 5.41) is 3.74. The summed E-state index contributed by atoms with van der Waals surface area (Å²) in [5.41, 5.74) is 12.8. The number of nitrogens with two attached hydrogens (primary N) is 2. The van der Waals surface area contributed by atoms with Gasteiger partial charge in [0, 0.05) is 0 Å². The summed E-state index contributed by atoms with van der Waals surface area (Å²) in [4.78, 5) is 11.4. The zero-order valence-corrected chi connectivity index (χ0v) is 11.3. The van der Waals surface area contributed by atoms with E-state index in [4.69, 9.17) is 34.7 Å². The van der Waals surface area contributed by atoms with Gasteiger partial charge in [-0.1, -0.05) is 35.3 Å². The summed E-state index contributed by atoms with van der Waals surface area (Å²) in [7, 11) is 0. The Kier molecular flexibility index (Phi) is 3.83. The van der Waals surface area contributed by atoms with Crippen LogP contribution in [0.25, 0.3) is 0 Å². The third kappa shape index (κ3) is 2.75. The predicted molar refractivity (Wildman–Crippen MR) is 79.1 cm³/mol. The van der Waals surface area contributed by atoms with Gasteiger partial charge >= 0.3 is 0 Å². The van der Waals surface area contributed by atoms with E-state index < -0.39 is 5.91 Å². The van der Waals surface area contributed by atoms with E-state index in [0.717, 1.165) is 0 Å². The first-order valence-electron chi connectivity index (χ1n) is 5.40. The van der Waals surface area contributed by atoms with Gasteiger partial charge < -0.3 is 16.8 Å². The molecule has 0 unspecified atom stereocenters. The normalized spacial score (nSPS) is 10.2. The van der Waals surface area contributed by atoms with Crippen molar-refractivity contribution in [2.45, 2.75) is 0 Å². The highest BCUT2D eigenvalue weighted by Crippen LogP contribution is 2.34. The van der Waals surface area contributed by atoms with Crippen LogP contribution in [0.2, 0.25) is 10.0 Å². The van der Waals surface area contributed by atoms with Crippen molar-refractivity contribution in [2.75, 3.05) is 11.1 Å². The largest absolute Gasteiger partial charge is 0.397 e. The van der Waals surface area contributed by atoms with E-state index in [-0.39, 0.29) is 5.56 Å². The number of rotatable bonds is 3. The standard InChI is InChI=1S/C13H11Cl2N3O/c14-8-4-2-6-10(11(8)15)18-12-7(13(17)19)3-1-5-9(12)16/h1-6,18H,16H2,(H2,17,19). The summed E-state index contributed by atoms with van der Waals surface area (Å²) in [6.07, 6.45) is 0. The molecule has 6 heteroatoms. The Labute approximate surface area is 120 Å². The van der Waals surface area contributed by atoms with Gasteiger partial charge in [-0.15, -0.1) is 0 Å². The second-order valence-electron chi connectivity index (χ2n) is 3.86. The van der Waals surface area contributed by atoms with Gasteiger partial charge in [-0.3, -0.25) is 4.79 Å². The highest BCUT2D eigenvalue weighted by atomic mass is 35.5. The van der Waals surface area contributed by atoms with Crippen molar-refractivity contribution in [3.63, 3.8) is 0 Å². The first-order valence-corrected chi connectivity index (χ1v) is 6.15. The Hall–Kier alpha value is -1.91. The number of benzene rings is 2. The molecule has 0 saturated carbocycles. The van der Waals surface area contributed by atoms with Crippen molar-refractivity contribution in [2.24, 2.45) is 5.73 Å². The van der Waals surface area contributed by atoms with Crippen LogP contribution in [-0.4, -0.2) is 5.91 Å². The summed E-state index contributed by atoms with van der Waals surface area (Å²) < 4.78 is 0. The molecule has 0 aliphatic heterocycles. The molecule has 2 aromatic rings. The molecule has 1 amide bonds. The number of halogens is 2. The molecule has 98 valence electrons. The van der Waals surface area contributed by atoms with Crippen LogP contribution in [0.4, 0.5) is 17.1 Å². The number of primary amides is 1. The quantitative estimate of drug-likeness (QED) is 0.759. The maximum Gasteiger partial charge on any atom is 0.250 e. The van der Waals surface area contributed by atoms with Crippen LogP contribution in [0.15, 0.2) is 36.4 Å². The van der Waals surface area contributed by atoms with Crippen molar-refractivity contribution >= 4 is 46.2 Å². The van der Waals surface area contributed by atoms with Gasteiger partial charge in [0.25, 0.3) is 5.91 Å². The monoisotopic (exact) mass is 295 g/mol. The SMILES string of the molecule is NC(=O)c1cccc(N)c1Nc1cccc(Cl)c1Cl. The number of nitrogen functional groups attached to an aromatic ring is 1. The maximum absolute atomic E-state index is 11.4. The lowest BCUT2D eigenvalue weighted by molar-refractivity contribution is 0.100. The molecule has 2 rings (SSSR count). The fraction of sp³-hybridized carbons (Fsp3) is 0. The smallest absolute Gasteiger partial charge is 0.250 e. The number of amides is 1. The van der Waals surface area contributed by atoms with E-state index in [1.54, 1.807) is 36.4 Å². The summed E-state index contributed by atoms with van der Waals surface area (Å²) in [6.45, 7) is 0. The Bertz CT molecular complexity index is 644. The van der Waals surface area contributed by atoms with Gasteiger partial charge in [-0.2, -0.15) is 0 Å². The van der Waals surface area contributed by atoms with Crippen LogP contribution in [0.3, 0.4) is 0 Å². The zero-order valence-electron chi connectivity index (χ0n) is 9.78. The van der Waals surface area contributed by atoms with E-state index >= 15 is 0 Å². The molecule has 0 aliphatic carbocycles. The van der Waals surface area contributed by atoms with Crippen LogP contribution in [-0.2, 0) is 0 Å². The highest BCUT2D eigenvalue weighted by molar-refractivity contribution is 6.43. The molecule has 0 saturated heterocycles. The first kappa shape index (κ1) is 13.5. The van der Waals surface area contributed by atoms with E-state index in [2.05, 4.69) is 5.32 Å². The summed E-state index contributed by atoms with van der Waals surface area (Å²) in [5.74, 6) is -0.576. The Morgan fingerprint density at radius 3 is 2.47 bits per heavy atom. The molecule has 5 N–H and O–H groups in total. The predicted octanol–water partition coefficient (Wildman–Crippen LogP) is 3.42. The van der Waals surface area contributed by atoms with Crippen molar-refractivity contribution in [1.29, 1.82) is 0 Å². The first-order chi connectivity index (χ1) is 9.00. The third-order valence-electron chi connectivity index (χ3n) is 2.57. The lowest BCUT2D eigenvalue weighted by Gasteiger charge is -2.14. The average molecular weight is 296 g/mol. The van der Waals surface area contributed by atoms with Crippen molar-refractivity contribution in [3.05, 3.63) is 52.0 Å². The second kappa shape index (κ2) is 5.38. The molecular weight excluding hydrogens is 285 g/mol. The minimum Gasteiger partial charge on any atom is -0.397 e. The van der Waals surface area contributed by atoms with E-state index in [0.29, 0.717) is 27.1 Å². The number of para-hydroxylation sites is 1. The molecule has 0 bridgehead atoms. The van der Waals surface area contributed by atoms with Gasteiger partial charge in [0.05, 0.1) is 32.7 Å². The fourth-order valence-electron chi connectivity index (χ4n) is 1.65. The third-order valence-corrected chi connectivity index (χ3v) is 3.39. The minimum atomic E-state index is -0.576. The van der Waals surface area contributed by atoms with Gasteiger partial charge in [-0.25, -0.2) is 0 Å². The lowest BCUT2D eigenvalue weighted by atomic mass is 10.1. The van der Waals surface area contributed by atoms with E-state index in [1.807, 2.05) is 0 Å². The number of nitrogens with one attached hydrogen (secondary N) is 1. The van der Waals surface area contributed by atoms with Gasteiger partial charge in [0.15, 0.2) is 0 Å². The van der Waals surface area contributed by atoms with Crippen LogP contribution < -0.4 is 16.8 Å². The van der Waals surface area contributed by atoms with E-state index in [9.17, 15) is 4.79 Å². The number of carbonyl (C=O) groups excluding carboxylic acids is 1. The number of carbonyl (C=O) groups is 1. The minimum absolute atomic E-state index is 0.288. The molecule has 2 aromatic carbocycles. The topological polar surface area (TPSA) is 81.1 Å². The number of anilines is 3. The zero-order chi connectivity index (χ0) is 14.0. The summed E-state index contributed by atoms with van der Waals surface area (Å²) >= 11 is 12.0. The molecule has 0 spiro atoms. The van der Waals surface area contributed by atoms with Crippen LogP contribution in [0.1, 0.15) is 10.4 Å². The Balaban J connectivity index is 2.49. The fourth-order valence-corrected chi connectivity index (χ4v) is 2.00. The average Bonchev–Trinajstić information content (AvgIpc) is 2.36. The highest BCUT2D eigenvalue weighted by Gasteiger charge is 2.13. The molecule has 0 aliphatic rings. The van der Waals surface area contributed by atoms with Crippen LogP contribution >= 0.6 is 23.2 Å². The molecular formula is C13H11Cl2N3O. The molecule has 0 atom stereocenters.